The van der Waals surface area contributed by atoms with E-state index in [-0.39, 0.29) is 0 Å². The lowest BCUT2D eigenvalue weighted by molar-refractivity contribution is 1.15. The second-order valence-corrected chi connectivity index (χ2v) is 5.12. The van der Waals surface area contributed by atoms with Crippen LogP contribution in [0, 0.1) is 6.92 Å². The van der Waals surface area contributed by atoms with Gasteiger partial charge in [-0.3, -0.25) is 4.98 Å². The number of anilines is 1. The fourth-order valence-corrected chi connectivity index (χ4v) is 2.38. The van der Waals surface area contributed by atoms with Gasteiger partial charge < -0.3 is 11.1 Å². The molecule has 0 atom stereocenters. The molecule has 0 fully saturated rings. The summed E-state index contributed by atoms with van der Waals surface area (Å²) in [5, 5.41) is 5.42. The number of hydrogen-bond donors (Lipinski definition) is 2. The van der Waals surface area contributed by atoms with Crippen molar-refractivity contribution in [1.82, 2.24) is 4.98 Å². The van der Waals surface area contributed by atoms with Gasteiger partial charge in [0.25, 0.3) is 0 Å². The van der Waals surface area contributed by atoms with Gasteiger partial charge in [0, 0.05) is 11.4 Å². The van der Waals surface area contributed by atoms with Gasteiger partial charge in [-0.05, 0) is 36.1 Å². The predicted octanol–water partition coefficient (Wildman–Crippen LogP) is 2.70. The van der Waals surface area contributed by atoms with Crippen LogP contribution in [-0.2, 0) is 6.54 Å². The van der Waals surface area contributed by atoms with Gasteiger partial charge in [0.15, 0.2) is 0 Å². The van der Waals surface area contributed by atoms with Crippen molar-refractivity contribution in [3.05, 3.63) is 45.9 Å². The Kier molecular flexibility index (Phi) is 3.71. The topological polar surface area (TPSA) is 50.9 Å². The Hall–Kier alpha value is -1.46. The first-order chi connectivity index (χ1) is 8.16. The van der Waals surface area contributed by atoms with Gasteiger partial charge in [-0.2, -0.15) is 0 Å². The number of nitrogens with two attached hydrogens (primary N) is 1. The second kappa shape index (κ2) is 5.25. The molecular formula is C12H13N3S2. The molecule has 88 valence electrons. The number of hydrogen-bond acceptors (Lipinski definition) is 4. The summed E-state index contributed by atoms with van der Waals surface area (Å²) >= 11 is 6.60. The van der Waals surface area contributed by atoms with Crippen molar-refractivity contribution in [2.75, 3.05) is 5.32 Å². The van der Waals surface area contributed by atoms with E-state index in [4.69, 9.17) is 18.0 Å². The summed E-state index contributed by atoms with van der Waals surface area (Å²) in [6, 6.07) is 5.88. The molecule has 0 amide bonds. The number of rotatable bonds is 4. The molecule has 0 bridgehead atoms. The van der Waals surface area contributed by atoms with Crippen molar-refractivity contribution in [2.24, 2.45) is 5.73 Å². The summed E-state index contributed by atoms with van der Waals surface area (Å²) in [6.07, 6.45) is 1.75. The molecule has 5 heteroatoms. The van der Waals surface area contributed by atoms with E-state index < -0.39 is 0 Å². The van der Waals surface area contributed by atoms with Crippen molar-refractivity contribution >= 4 is 34.2 Å². The van der Waals surface area contributed by atoms with E-state index in [0.29, 0.717) is 10.7 Å². The number of nitrogens with one attached hydrogen (secondary N) is 1. The van der Waals surface area contributed by atoms with Gasteiger partial charge in [0.1, 0.15) is 4.99 Å². The smallest absolute Gasteiger partial charge is 0.122 e. The molecule has 2 rings (SSSR count). The summed E-state index contributed by atoms with van der Waals surface area (Å²) in [7, 11) is 0. The van der Waals surface area contributed by atoms with Gasteiger partial charge in [-0.25, -0.2) is 0 Å². The van der Waals surface area contributed by atoms with Crippen LogP contribution in [0.1, 0.15) is 16.1 Å². The molecule has 0 unspecified atom stereocenters. The molecule has 0 aromatic carbocycles. The number of aromatic nitrogens is 1. The zero-order valence-electron chi connectivity index (χ0n) is 9.43. The minimum Gasteiger partial charge on any atom is -0.388 e. The van der Waals surface area contributed by atoms with Gasteiger partial charge in [0.05, 0.1) is 17.6 Å². The SMILES string of the molecule is Cc1ccsc1CNc1ccc(C(N)=S)nc1. The number of nitrogens with zero attached hydrogens (tertiary/aromatic N) is 1. The third-order valence-corrected chi connectivity index (χ3v) is 3.67. The highest BCUT2D eigenvalue weighted by molar-refractivity contribution is 7.80. The molecule has 3 N–H and O–H groups in total. The summed E-state index contributed by atoms with van der Waals surface area (Å²) < 4.78 is 0. The molecule has 0 saturated heterocycles. The monoisotopic (exact) mass is 263 g/mol. The van der Waals surface area contributed by atoms with Crippen LogP contribution in [0.15, 0.2) is 29.8 Å². The molecule has 3 nitrogen and oxygen atoms in total. The zero-order valence-corrected chi connectivity index (χ0v) is 11.1. The Morgan fingerprint density at radius 3 is 2.82 bits per heavy atom. The third kappa shape index (κ3) is 3.01. The van der Waals surface area contributed by atoms with E-state index in [1.54, 1.807) is 17.5 Å². The minimum absolute atomic E-state index is 0.325. The summed E-state index contributed by atoms with van der Waals surface area (Å²) in [5.41, 5.74) is 8.42. The van der Waals surface area contributed by atoms with E-state index in [2.05, 4.69) is 28.7 Å². The number of pyridine rings is 1. The minimum atomic E-state index is 0.325. The summed E-state index contributed by atoms with van der Waals surface area (Å²) in [5.74, 6) is 0. The molecule has 0 aliphatic carbocycles. The van der Waals surface area contributed by atoms with Crippen molar-refractivity contribution in [3.63, 3.8) is 0 Å². The van der Waals surface area contributed by atoms with Gasteiger partial charge in [-0.15, -0.1) is 11.3 Å². The lowest BCUT2D eigenvalue weighted by Crippen LogP contribution is -2.11. The van der Waals surface area contributed by atoms with Crippen LogP contribution in [0.25, 0.3) is 0 Å². The Labute approximate surface area is 110 Å². The molecule has 2 aromatic rings. The zero-order chi connectivity index (χ0) is 12.3. The molecule has 0 aliphatic heterocycles. The molecule has 0 saturated carbocycles. The molecular weight excluding hydrogens is 250 g/mol. The molecule has 17 heavy (non-hydrogen) atoms. The van der Waals surface area contributed by atoms with Gasteiger partial charge in [-0.1, -0.05) is 12.2 Å². The molecule has 0 spiro atoms. The van der Waals surface area contributed by atoms with Crippen LogP contribution < -0.4 is 11.1 Å². The standard InChI is InChI=1S/C12H13N3S2/c1-8-4-5-17-11(8)7-14-9-2-3-10(12(13)16)15-6-9/h2-6,14H,7H2,1H3,(H2,13,16). The van der Waals surface area contributed by atoms with E-state index in [9.17, 15) is 0 Å². The molecule has 2 aromatic heterocycles. The van der Waals surface area contributed by atoms with Crippen LogP contribution in [0.4, 0.5) is 5.69 Å². The first-order valence-corrected chi connectivity index (χ1v) is 6.48. The Morgan fingerprint density at radius 2 is 2.29 bits per heavy atom. The van der Waals surface area contributed by atoms with Crippen LogP contribution in [0.5, 0.6) is 0 Å². The van der Waals surface area contributed by atoms with Crippen LogP contribution in [0.3, 0.4) is 0 Å². The van der Waals surface area contributed by atoms with Crippen LogP contribution in [0.2, 0.25) is 0 Å². The highest BCUT2D eigenvalue weighted by Gasteiger charge is 2.01. The lowest BCUT2D eigenvalue weighted by atomic mass is 10.3. The van der Waals surface area contributed by atoms with E-state index in [1.807, 2.05) is 12.1 Å². The Balaban J connectivity index is 2.00. The summed E-state index contributed by atoms with van der Waals surface area (Å²) in [6.45, 7) is 2.93. The van der Waals surface area contributed by atoms with E-state index in [0.717, 1.165) is 12.2 Å². The number of thiocarbonyl (C=S) groups is 1. The van der Waals surface area contributed by atoms with Crippen LogP contribution >= 0.6 is 23.6 Å². The highest BCUT2D eigenvalue weighted by Crippen LogP contribution is 2.17. The predicted molar refractivity (Wildman–Crippen MR) is 76.5 cm³/mol. The molecule has 0 radical (unpaired) electrons. The Morgan fingerprint density at radius 1 is 1.47 bits per heavy atom. The van der Waals surface area contributed by atoms with E-state index in [1.165, 1.54) is 10.4 Å². The second-order valence-electron chi connectivity index (χ2n) is 3.68. The third-order valence-electron chi connectivity index (χ3n) is 2.44. The first-order valence-electron chi connectivity index (χ1n) is 5.19. The van der Waals surface area contributed by atoms with Crippen molar-refractivity contribution in [2.45, 2.75) is 13.5 Å². The van der Waals surface area contributed by atoms with E-state index >= 15 is 0 Å². The van der Waals surface area contributed by atoms with Gasteiger partial charge in [0.2, 0.25) is 0 Å². The van der Waals surface area contributed by atoms with Gasteiger partial charge >= 0.3 is 0 Å². The normalized spacial score (nSPS) is 10.2. The number of thiophene rings is 1. The maximum absolute atomic E-state index is 5.49. The lowest BCUT2D eigenvalue weighted by Gasteiger charge is -2.06. The number of aryl methyl sites for hydroxylation is 1. The van der Waals surface area contributed by atoms with Crippen molar-refractivity contribution < 1.29 is 0 Å². The maximum Gasteiger partial charge on any atom is 0.122 e. The largest absolute Gasteiger partial charge is 0.388 e. The van der Waals surface area contributed by atoms with Crippen molar-refractivity contribution in [3.8, 4) is 0 Å². The molecule has 0 aliphatic rings. The van der Waals surface area contributed by atoms with Crippen LogP contribution in [-0.4, -0.2) is 9.97 Å². The molecule has 2 heterocycles. The highest BCUT2D eigenvalue weighted by atomic mass is 32.1. The average Bonchev–Trinajstić information content (AvgIpc) is 2.73. The van der Waals surface area contributed by atoms with Crippen molar-refractivity contribution in [1.29, 1.82) is 0 Å². The first kappa shape index (κ1) is 12.0. The average molecular weight is 263 g/mol. The Bertz CT molecular complexity index is 517. The maximum atomic E-state index is 5.49. The fraction of sp³-hybridized carbons (Fsp3) is 0.167. The fourth-order valence-electron chi connectivity index (χ4n) is 1.41. The quantitative estimate of drug-likeness (QED) is 0.833. The summed E-state index contributed by atoms with van der Waals surface area (Å²) in [4.78, 5) is 5.84.